The highest BCUT2D eigenvalue weighted by Gasteiger charge is 2.20. The zero-order valence-electron chi connectivity index (χ0n) is 11.3. The number of hydrogen-bond donors (Lipinski definition) is 1. The first kappa shape index (κ1) is 12.4. The smallest absolute Gasteiger partial charge is 0.0964 e. The van der Waals surface area contributed by atoms with Crippen LogP contribution in [0.1, 0.15) is 35.6 Å². The van der Waals surface area contributed by atoms with E-state index in [0.717, 1.165) is 18.8 Å². The van der Waals surface area contributed by atoms with Gasteiger partial charge in [0, 0.05) is 25.2 Å². The summed E-state index contributed by atoms with van der Waals surface area (Å²) in [6.45, 7) is 1.72. The number of fused-ring (bicyclic) bond motifs is 1. The van der Waals surface area contributed by atoms with E-state index in [1.165, 1.54) is 30.4 Å². The van der Waals surface area contributed by atoms with Crippen molar-refractivity contribution in [3.05, 3.63) is 47.3 Å². The van der Waals surface area contributed by atoms with Gasteiger partial charge in [0.25, 0.3) is 0 Å². The van der Waals surface area contributed by atoms with Crippen molar-refractivity contribution in [2.24, 2.45) is 0 Å². The summed E-state index contributed by atoms with van der Waals surface area (Å²) in [4.78, 5) is 0. The number of rotatable bonds is 4. The van der Waals surface area contributed by atoms with Gasteiger partial charge in [-0.05, 0) is 37.4 Å². The van der Waals surface area contributed by atoms with Crippen LogP contribution in [-0.2, 0) is 19.5 Å². The second kappa shape index (κ2) is 5.53. The lowest BCUT2D eigenvalue weighted by molar-refractivity contribution is 0.449. The summed E-state index contributed by atoms with van der Waals surface area (Å²) in [5, 5.41) is 11.5. The van der Waals surface area contributed by atoms with Gasteiger partial charge in [0.05, 0.1) is 5.69 Å². The summed E-state index contributed by atoms with van der Waals surface area (Å²) >= 11 is 0. The predicted molar refractivity (Wildman–Crippen MR) is 74.9 cm³/mol. The minimum Gasteiger partial charge on any atom is -0.314 e. The zero-order chi connectivity index (χ0) is 13.1. The van der Waals surface area contributed by atoms with Crippen molar-refractivity contribution in [1.29, 1.82) is 0 Å². The zero-order valence-corrected chi connectivity index (χ0v) is 11.3. The maximum atomic E-state index is 4.23. The van der Waals surface area contributed by atoms with Crippen LogP contribution in [0.25, 0.3) is 0 Å². The molecular weight excluding hydrogens is 236 g/mol. The van der Waals surface area contributed by atoms with Gasteiger partial charge in [-0.1, -0.05) is 29.5 Å². The van der Waals surface area contributed by atoms with E-state index in [2.05, 4.69) is 39.9 Å². The number of nitrogens with zero attached hydrogens (tertiary/aromatic N) is 3. The molecule has 4 nitrogen and oxygen atoms in total. The van der Waals surface area contributed by atoms with Gasteiger partial charge < -0.3 is 5.32 Å². The second-order valence-corrected chi connectivity index (χ2v) is 5.25. The van der Waals surface area contributed by atoms with E-state index >= 15 is 0 Å². The third kappa shape index (κ3) is 2.68. The van der Waals surface area contributed by atoms with Crippen LogP contribution in [0, 0.1) is 0 Å². The Balaban J connectivity index is 1.76. The van der Waals surface area contributed by atoms with Crippen LogP contribution in [0.3, 0.4) is 0 Å². The van der Waals surface area contributed by atoms with Crippen LogP contribution in [0.15, 0.2) is 30.5 Å². The molecular formula is C15H20N4. The van der Waals surface area contributed by atoms with Crippen LogP contribution in [0.2, 0.25) is 0 Å². The van der Waals surface area contributed by atoms with Crippen LogP contribution < -0.4 is 5.32 Å². The third-order valence-electron chi connectivity index (χ3n) is 3.85. The second-order valence-electron chi connectivity index (χ2n) is 5.25. The van der Waals surface area contributed by atoms with Crippen molar-refractivity contribution in [2.45, 2.75) is 38.3 Å². The molecule has 0 spiro atoms. The monoisotopic (exact) mass is 256 g/mol. The van der Waals surface area contributed by atoms with E-state index in [-0.39, 0.29) is 0 Å². The molecule has 0 fully saturated rings. The van der Waals surface area contributed by atoms with E-state index in [1.807, 2.05) is 17.9 Å². The minimum absolute atomic E-state index is 0.578. The molecule has 1 aliphatic rings. The fourth-order valence-corrected chi connectivity index (χ4v) is 2.96. The molecule has 1 aromatic carbocycles. The summed E-state index contributed by atoms with van der Waals surface area (Å²) < 4.78 is 1.99. The summed E-state index contributed by atoms with van der Waals surface area (Å²) in [5.41, 5.74) is 4.01. The molecule has 3 rings (SSSR count). The molecule has 1 heterocycles. The van der Waals surface area contributed by atoms with Crippen molar-refractivity contribution in [3.63, 3.8) is 0 Å². The predicted octanol–water partition coefficient (Wildman–Crippen LogP) is 2.12. The average Bonchev–Trinajstić information content (AvgIpc) is 2.87. The first-order valence-electron chi connectivity index (χ1n) is 6.98. The lowest BCUT2D eigenvalue weighted by atomic mass is 9.83. The van der Waals surface area contributed by atoms with Crippen molar-refractivity contribution in [1.82, 2.24) is 20.3 Å². The molecule has 0 saturated carbocycles. The van der Waals surface area contributed by atoms with Crippen LogP contribution >= 0.6 is 0 Å². The Morgan fingerprint density at radius 1 is 1.37 bits per heavy atom. The van der Waals surface area contributed by atoms with Crippen LogP contribution in [-0.4, -0.2) is 22.0 Å². The van der Waals surface area contributed by atoms with Gasteiger partial charge >= 0.3 is 0 Å². The molecule has 0 aliphatic heterocycles. The third-order valence-corrected chi connectivity index (χ3v) is 3.85. The lowest BCUT2D eigenvalue weighted by Gasteiger charge is -2.25. The summed E-state index contributed by atoms with van der Waals surface area (Å²) in [6.07, 6.45) is 5.79. The number of aromatic nitrogens is 3. The van der Waals surface area contributed by atoms with Crippen molar-refractivity contribution < 1.29 is 0 Å². The molecule has 19 heavy (non-hydrogen) atoms. The number of benzene rings is 1. The highest BCUT2D eigenvalue weighted by Crippen LogP contribution is 2.32. The Bertz CT molecular complexity index is 547. The quantitative estimate of drug-likeness (QED) is 0.911. The van der Waals surface area contributed by atoms with Crippen molar-refractivity contribution >= 4 is 0 Å². The molecule has 0 bridgehead atoms. The Labute approximate surface area is 113 Å². The topological polar surface area (TPSA) is 42.7 Å². The van der Waals surface area contributed by atoms with Gasteiger partial charge in [-0.2, -0.15) is 0 Å². The normalized spacial score (nSPS) is 18.3. The van der Waals surface area contributed by atoms with E-state index in [9.17, 15) is 0 Å². The molecule has 1 N–H and O–H groups in total. The van der Waals surface area contributed by atoms with Gasteiger partial charge in [-0.25, -0.2) is 0 Å². The fraction of sp³-hybridized carbons (Fsp3) is 0.467. The molecule has 1 aliphatic carbocycles. The number of nitrogens with one attached hydrogen (secondary N) is 1. The van der Waals surface area contributed by atoms with Gasteiger partial charge in [-0.15, -0.1) is 5.10 Å². The lowest BCUT2D eigenvalue weighted by Crippen LogP contribution is -2.16. The first-order valence-corrected chi connectivity index (χ1v) is 6.98. The van der Waals surface area contributed by atoms with Crippen molar-refractivity contribution in [3.8, 4) is 0 Å². The van der Waals surface area contributed by atoms with Crippen LogP contribution in [0.4, 0.5) is 0 Å². The highest BCUT2D eigenvalue weighted by atomic mass is 15.4. The minimum atomic E-state index is 0.578. The molecule has 0 amide bonds. The molecule has 0 saturated heterocycles. The molecule has 2 aromatic rings. The van der Waals surface area contributed by atoms with Gasteiger partial charge in [-0.3, -0.25) is 4.68 Å². The summed E-state index contributed by atoms with van der Waals surface area (Å²) in [6, 6.07) is 8.81. The molecule has 1 aromatic heterocycles. The average molecular weight is 256 g/mol. The SMILES string of the molecule is CNCc1cn(CC2CCCc3ccccc32)nn1. The summed E-state index contributed by atoms with van der Waals surface area (Å²) in [7, 11) is 1.93. The van der Waals surface area contributed by atoms with E-state index in [1.54, 1.807) is 0 Å². The van der Waals surface area contributed by atoms with Gasteiger partial charge in [0.1, 0.15) is 0 Å². The van der Waals surface area contributed by atoms with Crippen LogP contribution in [0.5, 0.6) is 0 Å². The summed E-state index contributed by atoms with van der Waals surface area (Å²) in [5.74, 6) is 0.578. The first-order chi connectivity index (χ1) is 9.36. The number of hydrogen-bond acceptors (Lipinski definition) is 3. The molecule has 0 radical (unpaired) electrons. The molecule has 4 heteroatoms. The largest absolute Gasteiger partial charge is 0.314 e. The molecule has 1 unspecified atom stereocenters. The number of aryl methyl sites for hydroxylation is 1. The van der Waals surface area contributed by atoms with E-state index < -0.39 is 0 Å². The molecule has 1 atom stereocenters. The Morgan fingerprint density at radius 3 is 3.16 bits per heavy atom. The Morgan fingerprint density at radius 2 is 2.26 bits per heavy atom. The van der Waals surface area contributed by atoms with E-state index in [0.29, 0.717) is 5.92 Å². The van der Waals surface area contributed by atoms with Gasteiger partial charge in [0.2, 0.25) is 0 Å². The Hall–Kier alpha value is -1.68. The maximum absolute atomic E-state index is 4.23. The standard InChI is InChI=1S/C15H20N4/c1-16-9-14-11-19(18-17-14)10-13-7-4-6-12-5-2-3-8-15(12)13/h2-3,5,8,11,13,16H,4,6-7,9-10H2,1H3. The van der Waals surface area contributed by atoms with Gasteiger partial charge in [0.15, 0.2) is 0 Å². The van der Waals surface area contributed by atoms with Crippen molar-refractivity contribution in [2.75, 3.05) is 7.05 Å². The highest BCUT2D eigenvalue weighted by molar-refractivity contribution is 5.32. The maximum Gasteiger partial charge on any atom is 0.0964 e. The van der Waals surface area contributed by atoms with E-state index in [4.69, 9.17) is 0 Å². The molecule has 100 valence electrons. The fourth-order valence-electron chi connectivity index (χ4n) is 2.96. The Kier molecular flexibility index (Phi) is 3.60.